The Balaban J connectivity index is 1.78. The molecule has 0 aliphatic carbocycles. The Morgan fingerprint density at radius 1 is 1.12 bits per heavy atom. The standard InChI is InChI=1S/C25H32N2O6/c1-25(2,3)18(13-22(28)31-4)23(29)27-14-16(12-20(27)24(30)32-5)15-33-21-10-11-26-19-9-7-6-8-17(19)21/h6-11,16,18,20H,12-15H2,1-5H3/t16-,18-,20+/m1/s1. The molecule has 0 bridgehead atoms. The third-order valence-corrected chi connectivity index (χ3v) is 6.17. The number of nitrogens with zero attached hydrogens (tertiary/aromatic N) is 2. The lowest BCUT2D eigenvalue weighted by Crippen LogP contribution is -2.47. The first-order chi connectivity index (χ1) is 15.7. The molecule has 2 heterocycles. The fraction of sp³-hybridized carbons (Fsp3) is 0.520. The summed E-state index contributed by atoms with van der Waals surface area (Å²) in [6, 6.07) is 8.80. The minimum Gasteiger partial charge on any atom is -0.492 e. The smallest absolute Gasteiger partial charge is 0.328 e. The van der Waals surface area contributed by atoms with Gasteiger partial charge in [0.1, 0.15) is 11.8 Å². The van der Waals surface area contributed by atoms with Crippen molar-refractivity contribution in [2.45, 2.75) is 39.7 Å². The van der Waals surface area contributed by atoms with Gasteiger partial charge in [-0.25, -0.2) is 4.79 Å². The summed E-state index contributed by atoms with van der Waals surface area (Å²) in [5, 5.41) is 0.904. The molecule has 1 aliphatic rings. The topological polar surface area (TPSA) is 95.0 Å². The summed E-state index contributed by atoms with van der Waals surface area (Å²) >= 11 is 0. The van der Waals surface area contributed by atoms with Crippen LogP contribution in [-0.4, -0.2) is 61.1 Å². The van der Waals surface area contributed by atoms with E-state index < -0.39 is 29.3 Å². The lowest BCUT2D eigenvalue weighted by atomic mass is 9.77. The van der Waals surface area contributed by atoms with Gasteiger partial charge < -0.3 is 19.1 Å². The Labute approximate surface area is 194 Å². The van der Waals surface area contributed by atoms with Crippen LogP contribution in [0.4, 0.5) is 0 Å². The third-order valence-electron chi connectivity index (χ3n) is 6.17. The monoisotopic (exact) mass is 456 g/mol. The van der Waals surface area contributed by atoms with Crippen molar-refractivity contribution in [3.05, 3.63) is 36.5 Å². The minimum atomic E-state index is -0.715. The lowest BCUT2D eigenvalue weighted by molar-refractivity contribution is -0.156. The highest BCUT2D eigenvalue weighted by molar-refractivity contribution is 5.89. The number of amides is 1. The molecule has 1 aromatic heterocycles. The number of likely N-dealkylation sites (tertiary alicyclic amines) is 1. The van der Waals surface area contributed by atoms with Crippen LogP contribution in [0.5, 0.6) is 5.75 Å². The summed E-state index contributed by atoms with van der Waals surface area (Å²) in [5.74, 6) is -1.16. The Morgan fingerprint density at radius 3 is 2.52 bits per heavy atom. The quantitative estimate of drug-likeness (QED) is 0.590. The first-order valence-corrected chi connectivity index (χ1v) is 11.1. The Morgan fingerprint density at radius 2 is 1.85 bits per heavy atom. The molecule has 1 aromatic carbocycles. The van der Waals surface area contributed by atoms with Crippen LogP contribution < -0.4 is 4.74 Å². The zero-order valence-electron chi connectivity index (χ0n) is 19.9. The first-order valence-electron chi connectivity index (χ1n) is 11.1. The van der Waals surface area contributed by atoms with E-state index in [4.69, 9.17) is 14.2 Å². The predicted molar refractivity (Wildman–Crippen MR) is 122 cm³/mol. The molecule has 8 heteroatoms. The van der Waals surface area contributed by atoms with E-state index in [-0.39, 0.29) is 18.2 Å². The number of hydrogen-bond acceptors (Lipinski definition) is 7. The van der Waals surface area contributed by atoms with Crippen LogP contribution in [0.3, 0.4) is 0 Å². The largest absolute Gasteiger partial charge is 0.492 e. The summed E-state index contributed by atoms with van der Waals surface area (Å²) in [7, 11) is 2.61. The van der Waals surface area contributed by atoms with Gasteiger partial charge >= 0.3 is 11.9 Å². The number of carbonyl (C=O) groups excluding carboxylic acids is 3. The van der Waals surface area contributed by atoms with Gasteiger partial charge in [0.25, 0.3) is 0 Å². The second kappa shape index (κ2) is 10.2. The molecule has 3 atom stereocenters. The van der Waals surface area contributed by atoms with E-state index in [9.17, 15) is 14.4 Å². The van der Waals surface area contributed by atoms with Crippen molar-refractivity contribution < 1.29 is 28.6 Å². The molecule has 1 fully saturated rings. The number of ether oxygens (including phenoxy) is 3. The van der Waals surface area contributed by atoms with Gasteiger partial charge in [-0.05, 0) is 30.0 Å². The molecule has 0 saturated carbocycles. The van der Waals surface area contributed by atoms with Crippen molar-refractivity contribution in [2.24, 2.45) is 17.3 Å². The number of pyridine rings is 1. The second-order valence-corrected chi connectivity index (χ2v) is 9.47. The molecule has 178 valence electrons. The summed E-state index contributed by atoms with van der Waals surface area (Å²) in [5.41, 5.74) is 0.345. The highest BCUT2D eigenvalue weighted by atomic mass is 16.5. The molecule has 0 N–H and O–H groups in total. The summed E-state index contributed by atoms with van der Waals surface area (Å²) in [6.07, 6.45) is 2.07. The highest BCUT2D eigenvalue weighted by Gasteiger charge is 2.45. The maximum atomic E-state index is 13.5. The van der Waals surface area contributed by atoms with Crippen molar-refractivity contribution in [3.63, 3.8) is 0 Å². The number of aromatic nitrogens is 1. The fourth-order valence-electron chi connectivity index (χ4n) is 4.26. The molecule has 1 saturated heterocycles. The number of fused-ring (bicyclic) bond motifs is 1. The number of rotatable bonds is 7. The SMILES string of the molecule is COC(=O)C[C@H](C(=O)N1C[C@H](COc2ccnc3ccccc23)C[C@H]1C(=O)OC)C(C)(C)C. The summed E-state index contributed by atoms with van der Waals surface area (Å²) in [4.78, 5) is 43.9. The zero-order valence-corrected chi connectivity index (χ0v) is 19.9. The zero-order chi connectivity index (χ0) is 24.2. The van der Waals surface area contributed by atoms with Crippen LogP contribution >= 0.6 is 0 Å². The average Bonchev–Trinajstić information content (AvgIpc) is 3.23. The van der Waals surface area contributed by atoms with Crippen LogP contribution in [0.25, 0.3) is 10.9 Å². The van der Waals surface area contributed by atoms with Gasteiger partial charge in [0.15, 0.2) is 0 Å². The number of methoxy groups -OCH3 is 2. The third kappa shape index (κ3) is 5.61. The molecule has 2 aromatic rings. The maximum Gasteiger partial charge on any atom is 0.328 e. The molecule has 0 spiro atoms. The molecular formula is C25H32N2O6. The summed E-state index contributed by atoms with van der Waals surface area (Å²) in [6.45, 7) is 6.38. The van der Waals surface area contributed by atoms with E-state index in [1.165, 1.54) is 14.2 Å². The van der Waals surface area contributed by atoms with Crippen molar-refractivity contribution >= 4 is 28.7 Å². The van der Waals surface area contributed by atoms with Crippen molar-refractivity contribution in [1.82, 2.24) is 9.88 Å². The van der Waals surface area contributed by atoms with E-state index >= 15 is 0 Å². The Bertz CT molecular complexity index is 1010. The highest BCUT2D eigenvalue weighted by Crippen LogP contribution is 2.35. The van der Waals surface area contributed by atoms with Gasteiger partial charge in [0.2, 0.25) is 5.91 Å². The second-order valence-electron chi connectivity index (χ2n) is 9.47. The first kappa shape index (κ1) is 24.5. The van der Waals surface area contributed by atoms with Crippen molar-refractivity contribution in [2.75, 3.05) is 27.4 Å². The minimum absolute atomic E-state index is 0.0482. The van der Waals surface area contributed by atoms with E-state index in [0.29, 0.717) is 25.3 Å². The fourth-order valence-corrected chi connectivity index (χ4v) is 4.26. The molecule has 1 amide bonds. The predicted octanol–water partition coefficient (Wildman–Crippen LogP) is 3.23. The van der Waals surface area contributed by atoms with E-state index in [2.05, 4.69) is 4.98 Å². The van der Waals surface area contributed by atoms with Crippen LogP contribution in [0, 0.1) is 17.3 Å². The normalized spacial score (nSPS) is 19.2. The van der Waals surface area contributed by atoms with E-state index in [1.807, 2.05) is 51.1 Å². The number of esters is 2. The van der Waals surface area contributed by atoms with Gasteiger partial charge in [0.05, 0.1) is 38.7 Å². The van der Waals surface area contributed by atoms with Gasteiger partial charge in [-0.15, -0.1) is 0 Å². The van der Waals surface area contributed by atoms with Gasteiger partial charge in [0, 0.05) is 24.0 Å². The lowest BCUT2D eigenvalue weighted by Gasteiger charge is -2.34. The van der Waals surface area contributed by atoms with Gasteiger partial charge in [-0.3, -0.25) is 14.6 Å². The average molecular weight is 457 g/mol. The van der Waals surface area contributed by atoms with Gasteiger partial charge in [-0.1, -0.05) is 32.9 Å². The van der Waals surface area contributed by atoms with Gasteiger partial charge in [-0.2, -0.15) is 0 Å². The number of hydrogen-bond donors (Lipinski definition) is 0. The summed E-state index contributed by atoms with van der Waals surface area (Å²) < 4.78 is 15.9. The van der Waals surface area contributed by atoms with Crippen LogP contribution in [0.2, 0.25) is 0 Å². The number of benzene rings is 1. The van der Waals surface area contributed by atoms with Crippen molar-refractivity contribution in [1.29, 1.82) is 0 Å². The molecule has 0 radical (unpaired) electrons. The Kier molecular flexibility index (Phi) is 7.56. The molecular weight excluding hydrogens is 424 g/mol. The Hall–Kier alpha value is -3.16. The van der Waals surface area contributed by atoms with Crippen LogP contribution in [-0.2, 0) is 23.9 Å². The molecule has 3 rings (SSSR count). The molecule has 8 nitrogen and oxygen atoms in total. The maximum absolute atomic E-state index is 13.5. The molecule has 0 unspecified atom stereocenters. The number of carbonyl (C=O) groups is 3. The van der Waals surface area contributed by atoms with Crippen LogP contribution in [0.15, 0.2) is 36.5 Å². The van der Waals surface area contributed by atoms with Crippen LogP contribution in [0.1, 0.15) is 33.6 Å². The number of para-hydroxylation sites is 1. The van der Waals surface area contributed by atoms with Crippen molar-refractivity contribution in [3.8, 4) is 5.75 Å². The van der Waals surface area contributed by atoms with E-state index in [0.717, 1.165) is 10.9 Å². The van der Waals surface area contributed by atoms with E-state index in [1.54, 1.807) is 11.1 Å². The molecule has 33 heavy (non-hydrogen) atoms. The molecule has 1 aliphatic heterocycles.